The Morgan fingerprint density at radius 1 is 1.80 bits per heavy atom. The highest BCUT2D eigenvalue weighted by Crippen LogP contribution is 2.37. The van der Waals surface area contributed by atoms with Crippen molar-refractivity contribution >= 4 is 34.8 Å². The van der Waals surface area contributed by atoms with Crippen LogP contribution in [-0.2, 0) is 0 Å². The fourth-order valence-corrected chi connectivity index (χ4v) is 0. The Balaban J connectivity index is 3.14. The van der Waals surface area contributed by atoms with Crippen LogP contribution in [0.5, 0.6) is 0 Å². The Morgan fingerprint density at radius 3 is 2.00 bits per heavy atom. The van der Waals surface area contributed by atoms with E-state index in [9.17, 15) is 0 Å². The molecular weight excluding hydrogens is 213 g/mol. The molecule has 0 bridgehead atoms. The third-order valence-corrected chi connectivity index (χ3v) is 6.36. The Kier molecular flexibility index (Phi) is 4.45. The van der Waals surface area contributed by atoms with Crippen LogP contribution in [0.15, 0.2) is 0 Å². The summed E-state index contributed by atoms with van der Waals surface area (Å²) < 4.78 is 0. The molecule has 0 aliphatic carbocycles. The minimum Gasteiger partial charge on any atom is 0.0194 e. The minimum atomic E-state index is 0.344. The lowest BCUT2D eigenvalue weighted by atomic mass is 12.0. The molecule has 0 aromatic carbocycles. The van der Waals surface area contributed by atoms with Crippen molar-refractivity contribution in [2.45, 2.75) is 0 Å². The zero-order valence-electron chi connectivity index (χ0n) is 3.27. The molecular formula is C2H6IP2+. The van der Waals surface area contributed by atoms with Gasteiger partial charge in [-0.15, -0.1) is 0 Å². The van der Waals surface area contributed by atoms with E-state index in [0.717, 1.165) is 0 Å². The molecule has 0 aromatic rings. The first-order valence-electron chi connectivity index (χ1n) is 1.26. The normalized spacial score (nSPS) is 12.2. The molecule has 0 amide bonds. The quantitative estimate of drug-likeness (QED) is 0.434. The standard InChI is InChI=1S/C2H6IP2/c1-4-5(2)3/h1-2H3/q+1. The Labute approximate surface area is 48.2 Å². The van der Waals surface area contributed by atoms with Crippen LogP contribution in [0.4, 0.5) is 0 Å². The zero-order chi connectivity index (χ0) is 4.28. The van der Waals surface area contributed by atoms with Crippen molar-refractivity contribution in [3.05, 3.63) is 0 Å². The third-order valence-electron chi connectivity index (χ3n) is 0.276. The van der Waals surface area contributed by atoms with Crippen molar-refractivity contribution in [1.29, 1.82) is 0 Å². The van der Waals surface area contributed by atoms with Gasteiger partial charge in [-0.25, -0.2) is 0 Å². The average Bonchev–Trinajstić information content (AvgIpc) is 1.38. The highest BCUT2D eigenvalue weighted by atomic mass is 127. The van der Waals surface area contributed by atoms with E-state index in [0.29, 0.717) is 4.85 Å². The van der Waals surface area contributed by atoms with E-state index < -0.39 is 0 Å². The maximum Gasteiger partial charge on any atom is 0.231 e. The maximum absolute atomic E-state index is 2.46. The molecule has 5 heavy (non-hydrogen) atoms. The molecule has 1 atom stereocenters. The number of halogens is 1. The molecule has 0 aliphatic rings. The van der Waals surface area contributed by atoms with Gasteiger partial charge in [-0.2, -0.15) is 0 Å². The van der Waals surface area contributed by atoms with Crippen molar-refractivity contribution < 1.29 is 0 Å². The lowest BCUT2D eigenvalue weighted by Gasteiger charge is -1.51. The fraction of sp³-hybridized carbons (Fsp3) is 1.00. The third kappa shape index (κ3) is 5.33. The summed E-state index contributed by atoms with van der Waals surface area (Å²) >= 11 is 2.46. The molecule has 0 aliphatic heterocycles. The van der Waals surface area contributed by atoms with Gasteiger partial charge in [-0.3, -0.25) is 0 Å². The van der Waals surface area contributed by atoms with Crippen molar-refractivity contribution in [2.24, 2.45) is 0 Å². The van der Waals surface area contributed by atoms with Crippen LogP contribution in [0.1, 0.15) is 0 Å². The van der Waals surface area contributed by atoms with E-state index in [1.54, 1.807) is 7.87 Å². The van der Waals surface area contributed by atoms with Crippen LogP contribution >= 0.6 is 34.8 Å². The lowest BCUT2D eigenvalue weighted by Crippen LogP contribution is -1.17. The van der Waals surface area contributed by atoms with E-state index >= 15 is 0 Å². The minimum absolute atomic E-state index is 0.344. The van der Waals surface area contributed by atoms with Crippen LogP contribution < -0.4 is 0 Å². The van der Waals surface area contributed by atoms with Gasteiger partial charge in [0.15, 0.2) is 4.85 Å². The molecule has 0 rings (SSSR count). The lowest BCUT2D eigenvalue weighted by molar-refractivity contribution is 2.48. The monoisotopic (exact) mass is 219 g/mol. The number of hydrogen-bond donors (Lipinski definition) is 0. The summed E-state index contributed by atoms with van der Waals surface area (Å²) in [5, 5.41) is 0. The molecule has 0 saturated heterocycles. The summed E-state index contributed by atoms with van der Waals surface area (Å²) in [6.45, 7) is 4.45. The van der Waals surface area contributed by atoms with Gasteiger partial charge in [0, 0.05) is 6.66 Å². The van der Waals surface area contributed by atoms with Crippen molar-refractivity contribution in [2.75, 3.05) is 13.3 Å². The molecule has 0 heterocycles. The molecule has 1 unspecified atom stereocenters. The topological polar surface area (TPSA) is 0 Å². The van der Waals surface area contributed by atoms with E-state index in [1.165, 1.54) is 0 Å². The second-order valence-corrected chi connectivity index (χ2v) is 11.6. The van der Waals surface area contributed by atoms with Gasteiger partial charge in [0.2, 0.25) is 22.0 Å². The molecule has 0 saturated carbocycles. The van der Waals surface area contributed by atoms with Crippen LogP contribution in [0, 0.1) is 0 Å². The smallest absolute Gasteiger partial charge is 0.0194 e. The second kappa shape index (κ2) is 3.52. The number of rotatable bonds is 0. The molecule has 0 radical (unpaired) electrons. The van der Waals surface area contributed by atoms with Gasteiger partial charge < -0.3 is 0 Å². The Bertz CT molecular complexity index is 45.6. The SMILES string of the molecule is CP=[P+](C)I. The Hall–Kier alpha value is 1.33. The average molecular weight is 219 g/mol. The van der Waals surface area contributed by atoms with E-state index in [-0.39, 0.29) is 0 Å². The van der Waals surface area contributed by atoms with Gasteiger partial charge in [0.05, 0.1) is 0 Å². The molecule has 0 spiro atoms. The van der Waals surface area contributed by atoms with E-state index in [4.69, 9.17) is 0 Å². The summed E-state index contributed by atoms with van der Waals surface area (Å²) in [5.41, 5.74) is 0. The van der Waals surface area contributed by atoms with Gasteiger partial charge in [-0.05, 0) is 0 Å². The highest BCUT2D eigenvalue weighted by molar-refractivity contribution is 14.2. The summed E-state index contributed by atoms with van der Waals surface area (Å²) in [6.07, 6.45) is 0. The zero-order valence-corrected chi connectivity index (χ0v) is 7.22. The predicted octanol–water partition coefficient (Wildman–Crippen LogP) is 2.94. The first-order valence-corrected chi connectivity index (χ1v) is 7.88. The summed E-state index contributed by atoms with van der Waals surface area (Å²) in [7, 11) is 1.55. The van der Waals surface area contributed by atoms with Gasteiger partial charge in [0.1, 0.15) is 14.5 Å². The molecule has 3 heteroatoms. The maximum atomic E-state index is 2.46. The van der Waals surface area contributed by atoms with Crippen LogP contribution in [0.3, 0.4) is 0 Å². The molecule has 0 fully saturated rings. The van der Waals surface area contributed by atoms with Crippen LogP contribution in [0.25, 0.3) is 0 Å². The fourth-order valence-electron chi connectivity index (χ4n) is 0. The van der Waals surface area contributed by atoms with Gasteiger partial charge >= 0.3 is 0 Å². The largest absolute Gasteiger partial charge is 0.231 e. The second-order valence-electron chi connectivity index (χ2n) is 0.645. The molecule has 0 nitrogen and oxygen atoms in total. The first kappa shape index (κ1) is 6.33. The van der Waals surface area contributed by atoms with Crippen molar-refractivity contribution in [3.63, 3.8) is 0 Å². The van der Waals surface area contributed by atoms with E-state index in [2.05, 4.69) is 35.4 Å². The highest BCUT2D eigenvalue weighted by Gasteiger charge is 1.83. The molecule has 30 valence electrons. The summed E-state index contributed by atoms with van der Waals surface area (Å²) in [5.74, 6) is 0. The molecule has 0 aromatic heterocycles. The van der Waals surface area contributed by atoms with Crippen LogP contribution in [0.2, 0.25) is 0 Å². The predicted molar refractivity (Wildman–Crippen MR) is 39.7 cm³/mol. The van der Waals surface area contributed by atoms with Gasteiger partial charge in [-0.1, -0.05) is 0 Å². The Morgan fingerprint density at radius 2 is 2.00 bits per heavy atom. The van der Waals surface area contributed by atoms with E-state index in [1.807, 2.05) is 0 Å². The van der Waals surface area contributed by atoms with Gasteiger partial charge in [0.25, 0.3) is 0 Å². The molecule has 0 N–H and O–H groups in total. The summed E-state index contributed by atoms with van der Waals surface area (Å²) in [4.78, 5) is 0.344. The van der Waals surface area contributed by atoms with Crippen LogP contribution in [-0.4, -0.2) is 13.3 Å². The summed E-state index contributed by atoms with van der Waals surface area (Å²) in [6, 6.07) is 0. The van der Waals surface area contributed by atoms with Crippen molar-refractivity contribution in [1.82, 2.24) is 0 Å². The number of hydrogen-bond acceptors (Lipinski definition) is 0. The van der Waals surface area contributed by atoms with Crippen molar-refractivity contribution in [3.8, 4) is 0 Å². The first-order chi connectivity index (χ1) is 2.27.